The molecule has 1 aromatic rings. The zero-order valence-electron chi connectivity index (χ0n) is 16.5. The number of carbonyl (C=O) groups is 2. The Morgan fingerprint density at radius 3 is 2.46 bits per heavy atom. The molecule has 2 heterocycles. The number of carboxylic acid groups (broad SMARTS) is 1. The molecule has 0 aliphatic carbocycles. The molecule has 2 aliphatic heterocycles. The molecule has 0 bridgehead atoms. The van der Waals surface area contributed by atoms with Crippen LogP contribution in [-0.2, 0) is 9.47 Å². The first kappa shape index (κ1) is 20.9. The van der Waals surface area contributed by atoms with Gasteiger partial charge >= 0.3 is 12.1 Å². The Kier molecular flexibility index (Phi) is 5.91. The Labute approximate surface area is 173 Å². The monoisotopic (exact) mass is 454 g/mol. The Morgan fingerprint density at radius 2 is 1.89 bits per heavy atom. The van der Waals surface area contributed by atoms with Gasteiger partial charge in [0.15, 0.2) is 0 Å². The predicted molar refractivity (Wildman–Crippen MR) is 109 cm³/mol. The lowest BCUT2D eigenvalue weighted by Gasteiger charge is -2.47. The highest BCUT2D eigenvalue weighted by Crippen LogP contribution is 2.34. The summed E-state index contributed by atoms with van der Waals surface area (Å²) in [4.78, 5) is 27.6. The molecule has 3 rings (SSSR count). The summed E-state index contributed by atoms with van der Waals surface area (Å²) in [6, 6.07) is 5.30. The van der Waals surface area contributed by atoms with Crippen molar-refractivity contribution < 1.29 is 24.2 Å². The lowest BCUT2D eigenvalue weighted by Crippen LogP contribution is -2.58. The summed E-state index contributed by atoms with van der Waals surface area (Å²) in [6.45, 7) is 8.76. The lowest BCUT2D eigenvalue weighted by atomic mass is 9.89. The summed E-state index contributed by atoms with van der Waals surface area (Å²) < 4.78 is 12.2. The van der Waals surface area contributed by atoms with Crippen molar-refractivity contribution >= 4 is 33.7 Å². The fraction of sp³-hybridized carbons (Fsp3) is 0.600. The van der Waals surface area contributed by atoms with Crippen LogP contribution >= 0.6 is 15.9 Å². The number of piperidine rings is 1. The minimum Gasteiger partial charge on any atom is -0.478 e. The number of nitrogens with zero attached hydrogens (tertiary/aromatic N) is 2. The third-order valence-electron chi connectivity index (χ3n) is 5.12. The van der Waals surface area contributed by atoms with Gasteiger partial charge in [0.1, 0.15) is 5.60 Å². The van der Waals surface area contributed by atoms with Gasteiger partial charge in [-0.2, -0.15) is 0 Å². The number of halogens is 1. The first-order chi connectivity index (χ1) is 13.1. The molecule has 2 aliphatic rings. The van der Waals surface area contributed by atoms with E-state index in [0.29, 0.717) is 24.2 Å². The Balaban J connectivity index is 1.63. The number of carbonyl (C=O) groups excluding carboxylic acids is 1. The molecular formula is C20H27BrN2O5. The maximum absolute atomic E-state index is 12.4. The van der Waals surface area contributed by atoms with Crippen LogP contribution in [0.15, 0.2) is 22.7 Å². The van der Waals surface area contributed by atoms with Gasteiger partial charge in [-0.1, -0.05) is 0 Å². The van der Waals surface area contributed by atoms with Crippen LogP contribution in [-0.4, -0.2) is 66.1 Å². The number of amides is 1. The fourth-order valence-electron chi connectivity index (χ4n) is 3.68. The number of morpholine rings is 1. The summed E-state index contributed by atoms with van der Waals surface area (Å²) >= 11 is 3.34. The van der Waals surface area contributed by atoms with E-state index in [0.717, 1.165) is 31.6 Å². The Morgan fingerprint density at radius 1 is 1.21 bits per heavy atom. The van der Waals surface area contributed by atoms with E-state index in [1.165, 1.54) is 0 Å². The van der Waals surface area contributed by atoms with Gasteiger partial charge in [-0.05, 0) is 67.7 Å². The molecule has 1 spiro atoms. The van der Waals surface area contributed by atoms with E-state index < -0.39 is 11.6 Å². The number of anilines is 1. The van der Waals surface area contributed by atoms with Gasteiger partial charge in [0.25, 0.3) is 0 Å². The van der Waals surface area contributed by atoms with Crippen molar-refractivity contribution in [2.24, 2.45) is 0 Å². The number of hydrogen-bond acceptors (Lipinski definition) is 5. The molecule has 28 heavy (non-hydrogen) atoms. The van der Waals surface area contributed by atoms with Crippen LogP contribution < -0.4 is 4.90 Å². The van der Waals surface area contributed by atoms with E-state index in [1.807, 2.05) is 32.9 Å². The van der Waals surface area contributed by atoms with Crippen LogP contribution in [0, 0.1) is 0 Å². The molecule has 8 heteroatoms. The van der Waals surface area contributed by atoms with Crippen molar-refractivity contribution in [2.75, 3.05) is 37.7 Å². The number of ether oxygens (including phenoxy) is 2. The number of carboxylic acids is 1. The molecule has 154 valence electrons. The number of aromatic carboxylic acids is 1. The molecule has 0 radical (unpaired) electrons. The molecule has 7 nitrogen and oxygen atoms in total. The van der Waals surface area contributed by atoms with Gasteiger partial charge in [-0.25, -0.2) is 9.59 Å². The lowest BCUT2D eigenvalue weighted by molar-refractivity contribution is -0.119. The molecule has 0 atom stereocenters. The molecule has 0 unspecified atom stereocenters. The number of benzene rings is 1. The van der Waals surface area contributed by atoms with Crippen molar-refractivity contribution in [3.63, 3.8) is 0 Å². The number of hydrogen-bond donors (Lipinski definition) is 1. The molecule has 1 aromatic carbocycles. The molecular weight excluding hydrogens is 428 g/mol. The SMILES string of the molecule is CC(C)(C)OC(=O)N1CCOC2(CCN(c3ccc(C(=O)O)c(Br)c3)CC2)C1. The maximum atomic E-state index is 12.4. The predicted octanol–water partition coefficient (Wildman–Crippen LogP) is 3.75. The molecule has 1 amide bonds. The van der Waals surface area contributed by atoms with Crippen LogP contribution in [0.4, 0.5) is 10.5 Å². The second-order valence-electron chi connectivity index (χ2n) is 8.39. The van der Waals surface area contributed by atoms with Crippen molar-refractivity contribution in [1.82, 2.24) is 4.90 Å². The smallest absolute Gasteiger partial charge is 0.410 e. The summed E-state index contributed by atoms with van der Waals surface area (Å²) in [5.41, 5.74) is 0.373. The summed E-state index contributed by atoms with van der Waals surface area (Å²) in [7, 11) is 0. The van der Waals surface area contributed by atoms with E-state index in [4.69, 9.17) is 9.47 Å². The number of rotatable bonds is 2. The second-order valence-corrected chi connectivity index (χ2v) is 9.24. The third kappa shape index (κ3) is 4.78. The van der Waals surface area contributed by atoms with E-state index in [9.17, 15) is 14.7 Å². The van der Waals surface area contributed by atoms with E-state index in [2.05, 4.69) is 20.8 Å². The average molecular weight is 455 g/mol. The molecule has 1 N–H and O–H groups in total. The quantitative estimate of drug-likeness (QED) is 0.732. The molecule has 0 aromatic heterocycles. The highest BCUT2D eigenvalue weighted by Gasteiger charge is 2.42. The van der Waals surface area contributed by atoms with Crippen LogP contribution in [0.2, 0.25) is 0 Å². The largest absolute Gasteiger partial charge is 0.478 e. The standard InChI is InChI=1S/C20H27BrN2O5/c1-19(2,3)28-18(26)23-10-11-27-20(13-23)6-8-22(9-7-20)14-4-5-15(17(24)25)16(21)12-14/h4-5,12H,6-11,13H2,1-3H3,(H,24,25). The first-order valence-electron chi connectivity index (χ1n) is 9.48. The molecule has 2 fully saturated rings. The van der Waals surface area contributed by atoms with Gasteiger partial charge in [0.05, 0.1) is 24.3 Å². The van der Waals surface area contributed by atoms with Crippen LogP contribution in [0.5, 0.6) is 0 Å². The highest BCUT2D eigenvalue weighted by molar-refractivity contribution is 9.10. The third-order valence-corrected chi connectivity index (χ3v) is 5.78. The topological polar surface area (TPSA) is 79.3 Å². The zero-order chi connectivity index (χ0) is 20.5. The second kappa shape index (κ2) is 7.91. The minimum atomic E-state index is -0.950. The van der Waals surface area contributed by atoms with Gasteiger partial charge in [-0.3, -0.25) is 0 Å². The van der Waals surface area contributed by atoms with Gasteiger partial charge in [0.2, 0.25) is 0 Å². The average Bonchev–Trinajstić information content (AvgIpc) is 2.60. The summed E-state index contributed by atoms with van der Waals surface area (Å²) in [5.74, 6) is -0.950. The van der Waals surface area contributed by atoms with Crippen LogP contribution in [0.1, 0.15) is 44.0 Å². The zero-order valence-corrected chi connectivity index (χ0v) is 18.1. The van der Waals surface area contributed by atoms with Crippen molar-refractivity contribution in [2.45, 2.75) is 44.8 Å². The van der Waals surface area contributed by atoms with Crippen molar-refractivity contribution in [1.29, 1.82) is 0 Å². The first-order valence-corrected chi connectivity index (χ1v) is 10.3. The maximum Gasteiger partial charge on any atom is 0.410 e. The van der Waals surface area contributed by atoms with Gasteiger partial charge in [-0.15, -0.1) is 0 Å². The van der Waals surface area contributed by atoms with E-state index in [1.54, 1.807) is 11.0 Å². The van der Waals surface area contributed by atoms with Crippen molar-refractivity contribution in [3.8, 4) is 0 Å². The van der Waals surface area contributed by atoms with E-state index in [-0.39, 0.29) is 17.3 Å². The minimum absolute atomic E-state index is 0.251. The van der Waals surface area contributed by atoms with Crippen LogP contribution in [0.25, 0.3) is 0 Å². The summed E-state index contributed by atoms with van der Waals surface area (Å²) in [5, 5.41) is 9.17. The van der Waals surface area contributed by atoms with Crippen LogP contribution in [0.3, 0.4) is 0 Å². The van der Waals surface area contributed by atoms with Gasteiger partial charge < -0.3 is 24.4 Å². The van der Waals surface area contributed by atoms with Gasteiger partial charge in [0, 0.05) is 29.8 Å². The highest BCUT2D eigenvalue weighted by atomic mass is 79.9. The summed E-state index contributed by atoms with van der Waals surface area (Å²) in [6.07, 6.45) is 1.31. The fourth-order valence-corrected chi connectivity index (χ4v) is 4.21. The molecule has 0 saturated carbocycles. The molecule has 2 saturated heterocycles. The Hall–Kier alpha value is -1.80. The van der Waals surface area contributed by atoms with E-state index >= 15 is 0 Å². The Bertz CT molecular complexity index is 753. The van der Waals surface area contributed by atoms with Crippen molar-refractivity contribution in [3.05, 3.63) is 28.2 Å². The normalized spacial score (nSPS) is 19.6.